The van der Waals surface area contributed by atoms with Gasteiger partial charge in [0, 0.05) is 19.5 Å². The second-order valence-electron chi connectivity index (χ2n) is 5.62. The van der Waals surface area contributed by atoms with E-state index in [1.54, 1.807) is 0 Å². The molecule has 21 heavy (non-hydrogen) atoms. The normalized spacial score (nSPS) is 10.6. The number of unbranched alkanes of at least 4 members (excludes halogenated alkanes) is 6. The molecule has 0 atom stereocenters. The summed E-state index contributed by atoms with van der Waals surface area (Å²) in [5, 5.41) is 2.99. The Labute approximate surface area is 129 Å². The minimum atomic E-state index is 0.149. The highest BCUT2D eigenvalue weighted by atomic mass is 16.1. The summed E-state index contributed by atoms with van der Waals surface area (Å²) >= 11 is 0. The SMILES string of the molecule is CCCCCCCCCC(=O)NCc1ccccc1CN. The lowest BCUT2D eigenvalue weighted by Crippen LogP contribution is -2.23. The zero-order valence-electron chi connectivity index (χ0n) is 13.4. The van der Waals surface area contributed by atoms with Gasteiger partial charge in [0.25, 0.3) is 0 Å². The molecule has 3 nitrogen and oxygen atoms in total. The third-order valence-electron chi connectivity index (χ3n) is 3.82. The van der Waals surface area contributed by atoms with Crippen molar-refractivity contribution in [3.8, 4) is 0 Å². The first-order chi connectivity index (χ1) is 10.3. The fourth-order valence-electron chi connectivity index (χ4n) is 2.45. The number of nitrogens with two attached hydrogens (primary N) is 1. The number of rotatable bonds is 11. The van der Waals surface area contributed by atoms with Gasteiger partial charge in [0.15, 0.2) is 0 Å². The summed E-state index contributed by atoms with van der Waals surface area (Å²) in [5.41, 5.74) is 7.92. The van der Waals surface area contributed by atoms with Gasteiger partial charge < -0.3 is 11.1 Å². The molecule has 0 fully saturated rings. The molecule has 1 aromatic carbocycles. The first-order valence-corrected chi connectivity index (χ1v) is 8.31. The molecule has 1 aromatic rings. The van der Waals surface area contributed by atoms with E-state index in [9.17, 15) is 4.79 Å². The standard InChI is InChI=1S/C18H30N2O/c1-2-3-4-5-6-7-8-13-18(21)20-15-17-12-10-9-11-16(17)14-19/h9-12H,2-8,13-15,19H2,1H3,(H,20,21). The molecule has 0 aromatic heterocycles. The van der Waals surface area contributed by atoms with Crippen molar-refractivity contribution < 1.29 is 4.79 Å². The van der Waals surface area contributed by atoms with Crippen molar-refractivity contribution in [1.82, 2.24) is 5.32 Å². The van der Waals surface area contributed by atoms with Gasteiger partial charge in [-0.25, -0.2) is 0 Å². The molecule has 1 rings (SSSR count). The zero-order valence-corrected chi connectivity index (χ0v) is 13.4. The summed E-state index contributed by atoms with van der Waals surface area (Å²) in [4.78, 5) is 11.8. The summed E-state index contributed by atoms with van der Waals surface area (Å²) in [6.07, 6.45) is 9.31. The summed E-state index contributed by atoms with van der Waals surface area (Å²) in [6.45, 7) is 3.33. The maximum absolute atomic E-state index is 11.8. The van der Waals surface area contributed by atoms with E-state index in [2.05, 4.69) is 12.2 Å². The Balaban J connectivity index is 2.11. The van der Waals surface area contributed by atoms with Gasteiger partial charge >= 0.3 is 0 Å². The second-order valence-corrected chi connectivity index (χ2v) is 5.62. The van der Waals surface area contributed by atoms with Crippen LogP contribution in [0.1, 0.15) is 69.4 Å². The highest BCUT2D eigenvalue weighted by molar-refractivity contribution is 5.75. The van der Waals surface area contributed by atoms with Gasteiger partial charge in [-0.15, -0.1) is 0 Å². The van der Waals surface area contributed by atoms with E-state index in [4.69, 9.17) is 5.73 Å². The van der Waals surface area contributed by atoms with Crippen molar-refractivity contribution in [3.63, 3.8) is 0 Å². The van der Waals surface area contributed by atoms with Crippen LogP contribution in [0.2, 0.25) is 0 Å². The van der Waals surface area contributed by atoms with Crippen LogP contribution in [0.5, 0.6) is 0 Å². The van der Waals surface area contributed by atoms with Crippen LogP contribution in [0.25, 0.3) is 0 Å². The number of carbonyl (C=O) groups excluding carboxylic acids is 1. The van der Waals surface area contributed by atoms with E-state index >= 15 is 0 Å². The Morgan fingerprint density at radius 3 is 2.29 bits per heavy atom. The van der Waals surface area contributed by atoms with Crippen LogP contribution in [0.3, 0.4) is 0 Å². The molecular formula is C18H30N2O. The minimum absolute atomic E-state index is 0.149. The van der Waals surface area contributed by atoms with Gasteiger partial charge in [-0.05, 0) is 17.5 Å². The Morgan fingerprint density at radius 1 is 1.00 bits per heavy atom. The number of hydrogen-bond donors (Lipinski definition) is 2. The number of amides is 1. The third kappa shape index (κ3) is 7.86. The van der Waals surface area contributed by atoms with Crippen molar-refractivity contribution in [2.75, 3.05) is 0 Å². The smallest absolute Gasteiger partial charge is 0.220 e. The molecule has 0 saturated carbocycles. The Kier molecular flexibility index (Phi) is 9.55. The van der Waals surface area contributed by atoms with Gasteiger partial charge in [-0.2, -0.15) is 0 Å². The molecule has 0 heterocycles. The maximum atomic E-state index is 11.8. The second kappa shape index (κ2) is 11.3. The predicted octanol–water partition coefficient (Wildman–Crippen LogP) is 3.90. The fraction of sp³-hybridized carbons (Fsp3) is 0.611. The van der Waals surface area contributed by atoms with E-state index in [0.29, 0.717) is 19.5 Å². The summed E-state index contributed by atoms with van der Waals surface area (Å²) in [5.74, 6) is 0.149. The van der Waals surface area contributed by atoms with Crippen molar-refractivity contribution in [2.24, 2.45) is 5.73 Å². The number of benzene rings is 1. The largest absolute Gasteiger partial charge is 0.352 e. The molecule has 0 aliphatic rings. The molecule has 0 aliphatic carbocycles. The molecule has 0 radical (unpaired) electrons. The topological polar surface area (TPSA) is 55.1 Å². The van der Waals surface area contributed by atoms with E-state index in [-0.39, 0.29) is 5.91 Å². The molecule has 0 unspecified atom stereocenters. The van der Waals surface area contributed by atoms with Gasteiger partial charge in [0.05, 0.1) is 0 Å². The average molecular weight is 290 g/mol. The average Bonchev–Trinajstić information content (AvgIpc) is 2.52. The minimum Gasteiger partial charge on any atom is -0.352 e. The molecule has 3 N–H and O–H groups in total. The maximum Gasteiger partial charge on any atom is 0.220 e. The molecular weight excluding hydrogens is 260 g/mol. The molecule has 3 heteroatoms. The molecule has 0 bridgehead atoms. The van der Waals surface area contributed by atoms with Gasteiger partial charge in [0.2, 0.25) is 5.91 Å². The lowest BCUT2D eigenvalue weighted by molar-refractivity contribution is -0.121. The zero-order chi connectivity index (χ0) is 15.3. The van der Waals surface area contributed by atoms with Crippen LogP contribution in [-0.4, -0.2) is 5.91 Å². The predicted molar refractivity (Wildman–Crippen MR) is 88.8 cm³/mol. The van der Waals surface area contributed by atoms with Gasteiger partial charge in [-0.1, -0.05) is 69.7 Å². The van der Waals surface area contributed by atoms with E-state index in [1.807, 2.05) is 24.3 Å². The molecule has 0 spiro atoms. The van der Waals surface area contributed by atoms with Crippen LogP contribution in [0.15, 0.2) is 24.3 Å². The van der Waals surface area contributed by atoms with Crippen LogP contribution in [0.4, 0.5) is 0 Å². The van der Waals surface area contributed by atoms with E-state index in [0.717, 1.165) is 24.0 Å². The summed E-state index contributed by atoms with van der Waals surface area (Å²) < 4.78 is 0. The summed E-state index contributed by atoms with van der Waals surface area (Å²) in [6, 6.07) is 8.00. The molecule has 118 valence electrons. The Hall–Kier alpha value is -1.35. The van der Waals surface area contributed by atoms with Gasteiger partial charge in [-0.3, -0.25) is 4.79 Å². The number of hydrogen-bond acceptors (Lipinski definition) is 2. The van der Waals surface area contributed by atoms with Crippen molar-refractivity contribution in [2.45, 2.75) is 71.4 Å². The molecule has 0 aliphatic heterocycles. The lowest BCUT2D eigenvalue weighted by Gasteiger charge is -2.09. The Bertz CT molecular complexity index is 404. The van der Waals surface area contributed by atoms with Crippen molar-refractivity contribution >= 4 is 5.91 Å². The van der Waals surface area contributed by atoms with Crippen LogP contribution >= 0.6 is 0 Å². The van der Waals surface area contributed by atoms with E-state index in [1.165, 1.54) is 32.1 Å². The van der Waals surface area contributed by atoms with Crippen molar-refractivity contribution in [1.29, 1.82) is 0 Å². The van der Waals surface area contributed by atoms with Gasteiger partial charge in [0.1, 0.15) is 0 Å². The van der Waals surface area contributed by atoms with E-state index < -0.39 is 0 Å². The van der Waals surface area contributed by atoms with Crippen molar-refractivity contribution in [3.05, 3.63) is 35.4 Å². The first-order valence-electron chi connectivity index (χ1n) is 8.31. The quantitative estimate of drug-likeness (QED) is 0.607. The highest BCUT2D eigenvalue weighted by Crippen LogP contribution is 2.09. The highest BCUT2D eigenvalue weighted by Gasteiger charge is 2.03. The lowest BCUT2D eigenvalue weighted by atomic mass is 10.1. The summed E-state index contributed by atoms with van der Waals surface area (Å²) in [7, 11) is 0. The van der Waals surface area contributed by atoms with Crippen LogP contribution in [0, 0.1) is 0 Å². The first kappa shape index (κ1) is 17.7. The Morgan fingerprint density at radius 2 is 1.62 bits per heavy atom. The fourth-order valence-corrected chi connectivity index (χ4v) is 2.45. The van der Waals surface area contributed by atoms with Crippen LogP contribution in [-0.2, 0) is 17.9 Å². The molecule has 1 amide bonds. The monoisotopic (exact) mass is 290 g/mol. The third-order valence-corrected chi connectivity index (χ3v) is 3.82. The molecule has 0 saturated heterocycles. The van der Waals surface area contributed by atoms with Crippen LogP contribution < -0.4 is 11.1 Å². The number of carbonyl (C=O) groups is 1. The number of nitrogens with one attached hydrogen (secondary N) is 1.